The van der Waals surface area contributed by atoms with Crippen molar-refractivity contribution in [1.82, 2.24) is 4.90 Å². The average molecular weight is 429 g/mol. The van der Waals surface area contributed by atoms with E-state index in [9.17, 15) is 9.59 Å². The van der Waals surface area contributed by atoms with Crippen LogP contribution in [0.1, 0.15) is 12.5 Å². The zero-order valence-corrected chi connectivity index (χ0v) is 17.8. The number of anilines is 1. The van der Waals surface area contributed by atoms with Gasteiger partial charge in [0, 0.05) is 11.3 Å². The molecule has 0 bridgehead atoms. The van der Waals surface area contributed by atoms with Gasteiger partial charge in [-0.25, -0.2) is 0 Å². The molecular formula is C21H20N2O4S2. The molecule has 29 heavy (non-hydrogen) atoms. The molecule has 2 aromatic rings. The van der Waals surface area contributed by atoms with Crippen LogP contribution in [-0.4, -0.2) is 41.3 Å². The number of hydrogen-bond donors (Lipinski definition) is 1. The number of carbonyl (C=O) groups excluding carboxylic acids is 2. The van der Waals surface area contributed by atoms with Crippen LogP contribution in [0.4, 0.5) is 5.69 Å². The maximum Gasteiger partial charge on any atom is 0.266 e. The fraction of sp³-hybridized carbons (Fsp3) is 0.190. The highest BCUT2D eigenvalue weighted by molar-refractivity contribution is 8.26. The Hall–Kier alpha value is -2.84. The van der Waals surface area contributed by atoms with Crippen molar-refractivity contribution in [1.29, 1.82) is 0 Å². The molecule has 1 atom stereocenters. The summed E-state index contributed by atoms with van der Waals surface area (Å²) in [6.45, 7) is 1.65. The van der Waals surface area contributed by atoms with E-state index in [0.29, 0.717) is 26.4 Å². The zero-order chi connectivity index (χ0) is 21.0. The Balaban J connectivity index is 1.76. The number of thiocarbonyl (C=S) groups is 1. The van der Waals surface area contributed by atoms with Crippen LogP contribution in [-0.2, 0) is 9.59 Å². The largest absolute Gasteiger partial charge is 0.497 e. The quantitative estimate of drug-likeness (QED) is 0.555. The molecule has 0 saturated carbocycles. The summed E-state index contributed by atoms with van der Waals surface area (Å²) in [7, 11) is 3.15. The number of nitrogens with one attached hydrogen (secondary N) is 1. The van der Waals surface area contributed by atoms with E-state index in [2.05, 4.69) is 5.32 Å². The number of methoxy groups -OCH3 is 2. The molecule has 1 N–H and O–H groups in total. The van der Waals surface area contributed by atoms with E-state index >= 15 is 0 Å². The topological polar surface area (TPSA) is 67.9 Å². The summed E-state index contributed by atoms with van der Waals surface area (Å²) in [5.41, 5.74) is 1.38. The first-order chi connectivity index (χ1) is 13.9. The highest BCUT2D eigenvalue weighted by Gasteiger charge is 2.38. The molecular weight excluding hydrogens is 408 g/mol. The number of benzene rings is 2. The zero-order valence-electron chi connectivity index (χ0n) is 16.2. The monoisotopic (exact) mass is 428 g/mol. The lowest BCUT2D eigenvalue weighted by Crippen LogP contribution is -2.44. The number of thioether (sulfide) groups is 1. The molecule has 1 aliphatic heterocycles. The van der Waals surface area contributed by atoms with Gasteiger partial charge in [0.2, 0.25) is 5.91 Å². The first kappa shape index (κ1) is 20.9. The molecule has 0 radical (unpaired) electrons. The maximum absolute atomic E-state index is 12.9. The summed E-state index contributed by atoms with van der Waals surface area (Å²) >= 11 is 6.53. The standard InChI is InChI=1S/C21H20N2O4S2/c1-13(19(24)22-15-8-10-16(26-2)11-9-15)23-20(25)18(29-21(23)28)12-14-6-4-5-7-17(14)27-3/h4-13H,1-3H3,(H,22,24)/b18-12-. The second kappa shape index (κ2) is 9.11. The molecule has 1 aliphatic rings. The molecule has 2 amide bonds. The highest BCUT2D eigenvalue weighted by Crippen LogP contribution is 2.35. The fourth-order valence-corrected chi connectivity index (χ4v) is 4.19. The summed E-state index contributed by atoms with van der Waals surface area (Å²) < 4.78 is 10.8. The van der Waals surface area contributed by atoms with Gasteiger partial charge in [0.05, 0.1) is 19.1 Å². The minimum atomic E-state index is -0.756. The smallest absolute Gasteiger partial charge is 0.266 e. The summed E-state index contributed by atoms with van der Waals surface area (Å²) in [6, 6.07) is 13.6. The Morgan fingerprint density at radius 3 is 2.48 bits per heavy atom. The fourth-order valence-electron chi connectivity index (χ4n) is 2.78. The van der Waals surface area contributed by atoms with Gasteiger partial charge in [-0.15, -0.1) is 0 Å². The summed E-state index contributed by atoms with van der Waals surface area (Å²) in [5.74, 6) is 0.714. The number of hydrogen-bond acceptors (Lipinski definition) is 6. The van der Waals surface area contributed by atoms with Gasteiger partial charge in [0.1, 0.15) is 21.9 Å². The van der Waals surface area contributed by atoms with E-state index in [4.69, 9.17) is 21.7 Å². The molecule has 6 nitrogen and oxygen atoms in total. The summed E-state index contributed by atoms with van der Waals surface area (Å²) in [4.78, 5) is 27.4. The normalized spacial score (nSPS) is 16.1. The van der Waals surface area contributed by atoms with Crippen molar-refractivity contribution in [3.8, 4) is 11.5 Å². The van der Waals surface area contributed by atoms with Crippen molar-refractivity contribution in [3.05, 3.63) is 59.0 Å². The third kappa shape index (κ3) is 4.60. The van der Waals surface area contributed by atoms with Gasteiger partial charge >= 0.3 is 0 Å². The van der Waals surface area contributed by atoms with Crippen LogP contribution in [0.5, 0.6) is 11.5 Å². The van der Waals surface area contributed by atoms with Crippen LogP contribution < -0.4 is 14.8 Å². The number of carbonyl (C=O) groups is 2. The molecule has 150 valence electrons. The lowest BCUT2D eigenvalue weighted by molar-refractivity contribution is -0.129. The van der Waals surface area contributed by atoms with E-state index < -0.39 is 6.04 Å². The summed E-state index contributed by atoms with van der Waals surface area (Å²) in [5, 5.41) is 2.80. The molecule has 2 aromatic carbocycles. The minimum Gasteiger partial charge on any atom is -0.497 e. The SMILES string of the molecule is COc1ccc(NC(=O)C(C)N2C(=O)/C(=C/c3ccccc3OC)SC2=S)cc1. The van der Waals surface area contributed by atoms with Crippen molar-refractivity contribution in [2.45, 2.75) is 13.0 Å². The van der Waals surface area contributed by atoms with Crippen molar-refractivity contribution in [2.24, 2.45) is 0 Å². The lowest BCUT2D eigenvalue weighted by atomic mass is 10.1. The predicted octanol–water partition coefficient (Wildman–Crippen LogP) is 3.93. The van der Waals surface area contributed by atoms with Gasteiger partial charge in [0.15, 0.2) is 0 Å². The van der Waals surface area contributed by atoms with E-state index in [0.717, 1.165) is 5.56 Å². The first-order valence-electron chi connectivity index (χ1n) is 8.79. The van der Waals surface area contributed by atoms with Gasteiger partial charge in [-0.3, -0.25) is 14.5 Å². The van der Waals surface area contributed by atoms with Crippen LogP contribution in [0.2, 0.25) is 0 Å². The number of nitrogens with zero attached hydrogens (tertiary/aromatic N) is 1. The van der Waals surface area contributed by atoms with Crippen molar-refractivity contribution in [3.63, 3.8) is 0 Å². The van der Waals surface area contributed by atoms with Gasteiger partial charge in [0.25, 0.3) is 5.91 Å². The molecule has 8 heteroatoms. The van der Waals surface area contributed by atoms with E-state index in [1.807, 2.05) is 24.3 Å². The molecule has 1 fully saturated rings. The van der Waals surface area contributed by atoms with Crippen LogP contribution in [0.3, 0.4) is 0 Å². The molecule has 1 saturated heterocycles. The molecule has 0 spiro atoms. The lowest BCUT2D eigenvalue weighted by Gasteiger charge is -2.22. The Labute approximate surface area is 178 Å². The van der Waals surface area contributed by atoms with Gasteiger partial charge < -0.3 is 14.8 Å². The Morgan fingerprint density at radius 2 is 1.83 bits per heavy atom. The van der Waals surface area contributed by atoms with Crippen LogP contribution in [0.25, 0.3) is 6.08 Å². The third-order valence-electron chi connectivity index (χ3n) is 4.37. The van der Waals surface area contributed by atoms with Crippen LogP contribution in [0.15, 0.2) is 53.4 Å². The predicted molar refractivity (Wildman–Crippen MR) is 119 cm³/mol. The highest BCUT2D eigenvalue weighted by atomic mass is 32.2. The van der Waals surface area contributed by atoms with Crippen molar-refractivity contribution in [2.75, 3.05) is 19.5 Å². The van der Waals surface area contributed by atoms with Crippen LogP contribution in [0, 0.1) is 0 Å². The van der Waals surface area contributed by atoms with Crippen molar-refractivity contribution >= 4 is 51.9 Å². The van der Waals surface area contributed by atoms with Gasteiger partial charge in [-0.2, -0.15) is 0 Å². The van der Waals surface area contributed by atoms with E-state index in [-0.39, 0.29) is 11.8 Å². The Kier molecular flexibility index (Phi) is 6.56. The van der Waals surface area contributed by atoms with Gasteiger partial charge in [-0.1, -0.05) is 42.2 Å². The second-order valence-corrected chi connectivity index (χ2v) is 7.86. The van der Waals surface area contributed by atoms with E-state index in [1.54, 1.807) is 51.5 Å². The first-order valence-corrected chi connectivity index (χ1v) is 10.0. The summed E-state index contributed by atoms with van der Waals surface area (Å²) in [6.07, 6.45) is 1.73. The van der Waals surface area contributed by atoms with E-state index in [1.165, 1.54) is 16.7 Å². The number of ether oxygens (including phenoxy) is 2. The Morgan fingerprint density at radius 1 is 1.14 bits per heavy atom. The molecule has 1 heterocycles. The van der Waals surface area contributed by atoms with Crippen molar-refractivity contribution < 1.29 is 19.1 Å². The average Bonchev–Trinajstić information content (AvgIpc) is 3.01. The molecule has 1 unspecified atom stereocenters. The molecule has 3 rings (SSSR count). The second-order valence-electron chi connectivity index (χ2n) is 6.19. The number of para-hydroxylation sites is 1. The van der Waals surface area contributed by atoms with Crippen LogP contribution >= 0.6 is 24.0 Å². The van der Waals surface area contributed by atoms with Gasteiger partial charge in [-0.05, 0) is 43.3 Å². The Bertz CT molecular complexity index is 973. The third-order valence-corrected chi connectivity index (χ3v) is 5.70. The minimum absolute atomic E-state index is 0.303. The maximum atomic E-state index is 12.9. The molecule has 0 aliphatic carbocycles. The molecule has 0 aromatic heterocycles. The number of rotatable bonds is 6. The number of amides is 2.